The molecule has 1 aromatic rings. The Balaban J connectivity index is 2.83. The first-order chi connectivity index (χ1) is 6.95. The monoisotopic (exact) mass is 200 g/mol. The van der Waals surface area contributed by atoms with Gasteiger partial charge in [0.05, 0.1) is 0 Å². The van der Waals surface area contributed by atoms with Crippen LogP contribution in [-0.2, 0) is 6.42 Å². The zero-order chi connectivity index (χ0) is 11.3. The zero-order valence-corrected chi connectivity index (χ0v) is 10.7. The van der Waals surface area contributed by atoms with Crippen LogP contribution in [0, 0.1) is 27.7 Å². The van der Waals surface area contributed by atoms with Gasteiger partial charge in [0.15, 0.2) is 0 Å². The van der Waals surface area contributed by atoms with E-state index in [1.165, 1.54) is 33.4 Å². The van der Waals surface area contributed by atoms with Crippen molar-refractivity contribution < 1.29 is 0 Å². The van der Waals surface area contributed by atoms with Gasteiger partial charge in [-0.2, -0.15) is 0 Å². The smallest absolute Gasteiger partial charge is 0.00551 e. The summed E-state index contributed by atoms with van der Waals surface area (Å²) in [7, 11) is 0. The molecule has 0 bridgehead atoms. The quantitative estimate of drug-likeness (QED) is 0.586. The predicted octanol–water partition coefficient (Wildman–Crippen LogP) is 4.27. The molecule has 0 heteroatoms. The number of benzene rings is 1. The lowest BCUT2D eigenvalue weighted by atomic mass is 9.89. The standard InChI is InChI=1S/C15H20/c1-8-7-14-12(5)10(3)11(4)13(6)15(14)9(8)2/h7H2,1-6H3. The lowest BCUT2D eigenvalue weighted by Crippen LogP contribution is -2.00. The Morgan fingerprint density at radius 2 is 1.20 bits per heavy atom. The van der Waals surface area contributed by atoms with Crippen LogP contribution in [0.3, 0.4) is 0 Å². The fraction of sp³-hybridized carbons (Fsp3) is 0.467. The van der Waals surface area contributed by atoms with Crippen LogP contribution >= 0.6 is 0 Å². The largest absolute Gasteiger partial charge is 0.0654 e. The van der Waals surface area contributed by atoms with Crippen LogP contribution in [0.1, 0.15) is 47.2 Å². The number of hydrogen-bond donors (Lipinski definition) is 0. The van der Waals surface area contributed by atoms with Crippen LogP contribution in [0.2, 0.25) is 0 Å². The summed E-state index contributed by atoms with van der Waals surface area (Å²) < 4.78 is 0. The van der Waals surface area contributed by atoms with Crippen molar-refractivity contribution in [3.8, 4) is 0 Å². The second kappa shape index (κ2) is 3.23. The van der Waals surface area contributed by atoms with Crippen molar-refractivity contribution >= 4 is 5.57 Å². The maximum atomic E-state index is 2.27. The molecule has 0 N–H and O–H groups in total. The fourth-order valence-electron chi connectivity index (χ4n) is 2.73. The summed E-state index contributed by atoms with van der Waals surface area (Å²) in [5.41, 5.74) is 12.1. The van der Waals surface area contributed by atoms with Gasteiger partial charge in [-0.3, -0.25) is 0 Å². The van der Waals surface area contributed by atoms with Gasteiger partial charge in [0.1, 0.15) is 0 Å². The number of allylic oxidation sites excluding steroid dienone is 2. The third-order valence-corrected chi connectivity index (χ3v) is 4.27. The third-order valence-electron chi connectivity index (χ3n) is 4.27. The highest BCUT2D eigenvalue weighted by Gasteiger charge is 2.22. The Morgan fingerprint density at radius 3 is 1.80 bits per heavy atom. The lowest BCUT2D eigenvalue weighted by molar-refractivity contribution is 1.11. The number of hydrogen-bond acceptors (Lipinski definition) is 0. The SMILES string of the molecule is CC1=C(C)c2c(C)c(C)c(C)c(C)c2C1. The van der Waals surface area contributed by atoms with E-state index in [9.17, 15) is 0 Å². The van der Waals surface area contributed by atoms with Crippen LogP contribution in [-0.4, -0.2) is 0 Å². The summed E-state index contributed by atoms with van der Waals surface area (Å²) in [5, 5.41) is 0. The molecule has 0 amide bonds. The van der Waals surface area contributed by atoms with Crippen molar-refractivity contribution in [3.63, 3.8) is 0 Å². The molecule has 0 radical (unpaired) electrons. The Kier molecular flexibility index (Phi) is 2.26. The van der Waals surface area contributed by atoms with E-state index in [0.717, 1.165) is 6.42 Å². The Labute approximate surface area is 93.0 Å². The average Bonchev–Trinajstić information content (AvgIpc) is 2.50. The van der Waals surface area contributed by atoms with Gasteiger partial charge < -0.3 is 0 Å². The molecule has 1 aromatic carbocycles. The molecule has 0 aromatic heterocycles. The van der Waals surface area contributed by atoms with E-state index >= 15 is 0 Å². The molecule has 1 aliphatic rings. The highest BCUT2D eigenvalue weighted by molar-refractivity contribution is 5.79. The number of fused-ring (bicyclic) bond motifs is 1. The summed E-state index contributed by atoms with van der Waals surface area (Å²) in [6.07, 6.45) is 1.16. The second-order valence-corrected chi connectivity index (χ2v) is 4.94. The van der Waals surface area contributed by atoms with Crippen molar-refractivity contribution in [1.82, 2.24) is 0 Å². The maximum absolute atomic E-state index is 2.27. The van der Waals surface area contributed by atoms with Crippen LogP contribution in [0.15, 0.2) is 5.57 Å². The Bertz CT molecular complexity index is 474. The van der Waals surface area contributed by atoms with E-state index in [4.69, 9.17) is 0 Å². The van der Waals surface area contributed by atoms with Gasteiger partial charge in [0, 0.05) is 0 Å². The normalized spacial score (nSPS) is 14.8. The Morgan fingerprint density at radius 1 is 0.667 bits per heavy atom. The van der Waals surface area contributed by atoms with Gasteiger partial charge in [-0.05, 0) is 86.9 Å². The van der Waals surface area contributed by atoms with Crippen LogP contribution in [0.4, 0.5) is 0 Å². The maximum Gasteiger partial charge on any atom is -0.00551 e. The molecule has 0 heterocycles. The summed E-state index contributed by atoms with van der Waals surface area (Å²) in [6.45, 7) is 13.6. The first-order valence-electron chi connectivity index (χ1n) is 5.71. The van der Waals surface area contributed by atoms with E-state index in [1.807, 2.05) is 0 Å². The van der Waals surface area contributed by atoms with Gasteiger partial charge in [0.25, 0.3) is 0 Å². The molecule has 0 saturated carbocycles. The lowest BCUT2D eigenvalue weighted by Gasteiger charge is -2.16. The second-order valence-electron chi connectivity index (χ2n) is 4.94. The summed E-state index contributed by atoms with van der Waals surface area (Å²) in [5.74, 6) is 0. The van der Waals surface area contributed by atoms with Crippen LogP contribution in [0.25, 0.3) is 5.57 Å². The number of rotatable bonds is 0. The van der Waals surface area contributed by atoms with Gasteiger partial charge >= 0.3 is 0 Å². The highest BCUT2D eigenvalue weighted by atomic mass is 14.3. The molecule has 15 heavy (non-hydrogen) atoms. The summed E-state index contributed by atoms with van der Waals surface area (Å²) in [6, 6.07) is 0. The van der Waals surface area contributed by atoms with E-state index in [1.54, 1.807) is 11.1 Å². The summed E-state index contributed by atoms with van der Waals surface area (Å²) >= 11 is 0. The molecule has 0 atom stereocenters. The first-order valence-corrected chi connectivity index (χ1v) is 5.71. The Hall–Kier alpha value is -1.04. The average molecular weight is 200 g/mol. The van der Waals surface area contributed by atoms with E-state index < -0.39 is 0 Å². The van der Waals surface area contributed by atoms with E-state index in [-0.39, 0.29) is 0 Å². The van der Waals surface area contributed by atoms with E-state index in [2.05, 4.69) is 41.5 Å². The molecule has 0 saturated heterocycles. The van der Waals surface area contributed by atoms with Crippen molar-refractivity contribution in [2.75, 3.05) is 0 Å². The predicted molar refractivity (Wildman–Crippen MR) is 67.4 cm³/mol. The third kappa shape index (κ3) is 1.27. The van der Waals surface area contributed by atoms with Crippen molar-refractivity contribution in [2.45, 2.75) is 48.0 Å². The molecule has 0 spiro atoms. The minimum absolute atomic E-state index is 1.16. The molecule has 0 unspecified atom stereocenters. The van der Waals surface area contributed by atoms with Gasteiger partial charge in [-0.25, -0.2) is 0 Å². The van der Waals surface area contributed by atoms with Crippen LogP contribution < -0.4 is 0 Å². The molecule has 1 aliphatic carbocycles. The molecular formula is C15H20. The molecule has 2 rings (SSSR count). The zero-order valence-electron chi connectivity index (χ0n) is 10.7. The molecule has 0 nitrogen and oxygen atoms in total. The first kappa shape index (κ1) is 10.5. The summed E-state index contributed by atoms with van der Waals surface area (Å²) in [4.78, 5) is 0. The minimum Gasteiger partial charge on any atom is -0.0654 e. The molecule has 0 aliphatic heterocycles. The van der Waals surface area contributed by atoms with Gasteiger partial charge in [0.2, 0.25) is 0 Å². The molecule has 80 valence electrons. The van der Waals surface area contributed by atoms with Gasteiger partial charge in [-0.15, -0.1) is 0 Å². The molecule has 0 fully saturated rings. The van der Waals surface area contributed by atoms with Gasteiger partial charge in [-0.1, -0.05) is 5.57 Å². The topological polar surface area (TPSA) is 0 Å². The molecular weight excluding hydrogens is 180 g/mol. The van der Waals surface area contributed by atoms with Crippen LogP contribution in [0.5, 0.6) is 0 Å². The highest BCUT2D eigenvalue weighted by Crippen LogP contribution is 2.39. The fourth-order valence-corrected chi connectivity index (χ4v) is 2.73. The van der Waals surface area contributed by atoms with Crippen molar-refractivity contribution in [2.24, 2.45) is 0 Å². The minimum atomic E-state index is 1.16. The van der Waals surface area contributed by atoms with Crippen molar-refractivity contribution in [1.29, 1.82) is 0 Å². The van der Waals surface area contributed by atoms with E-state index in [0.29, 0.717) is 0 Å². The van der Waals surface area contributed by atoms with Crippen molar-refractivity contribution in [3.05, 3.63) is 39.0 Å².